The lowest BCUT2D eigenvalue weighted by atomic mass is 9.60. The Morgan fingerprint density at radius 3 is 2.90 bits per heavy atom. The molecule has 0 unspecified atom stereocenters. The molecule has 0 saturated heterocycles. The first-order valence-electron chi connectivity index (χ1n) is 11.3. The van der Waals surface area contributed by atoms with Crippen LogP contribution < -0.4 is 0 Å². The molecular formula is C24H37N3O2. The van der Waals surface area contributed by atoms with Crippen molar-refractivity contribution in [3.63, 3.8) is 0 Å². The molecule has 3 saturated carbocycles. The number of hydrogen-bond donors (Lipinski definition) is 2. The Bertz CT molecular complexity index is 722. The summed E-state index contributed by atoms with van der Waals surface area (Å²) in [6.07, 6.45) is 12.6. The van der Waals surface area contributed by atoms with Crippen LogP contribution in [0, 0.1) is 23.2 Å². The van der Waals surface area contributed by atoms with E-state index in [9.17, 15) is 10.2 Å². The number of aliphatic hydroxyl groups is 2. The van der Waals surface area contributed by atoms with Gasteiger partial charge in [-0.3, -0.25) is 0 Å². The van der Waals surface area contributed by atoms with Crippen LogP contribution in [0.4, 0.5) is 0 Å². The van der Waals surface area contributed by atoms with Crippen molar-refractivity contribution in [2.45, 2.75) is 83.8 Å². The van der Waals surface area contributed by atoms with Crippen LogP contribution in [0.25, 0.3) is 10.4 Å². The predicted molar refractivity (Wildman–Crippen MR) is 117 cm³/mol. The van der Waals surface area contributed by atoms with Crippen LogP contribution in [0.15, 0.2) is 40.6 Å². The highest BCUT2D eigenvalue weighted by atomic mass is 16.3. The Labute approximate surface area is 175 Å². The van der Waals surface area contributed by atoms with E-state index in [-0.39, 0.29) is 0 Å². The van der Waals surface area contributed by atoms with Crippen molar-refractivity contribution in [3.05, 3.63) is 45.9 Å². The van der Waals surface area contributed by atoms with E-state index >= 15 is 0 Å². The summed E-state index contributed by atoms with van der Waals surface area (Å²) in [5.41, 5.74) is 12.1. The zero-order chi connectivity index (χ0) is 21.0. The number of azide groups is 1. The summed E-state index contributed by atoms with van der Waals surface area (Å²) in [6, 6.07) is 0. The molecule has 29 heavy (non-hydrogen) atoms. The Morgan fingerprint density at radius 2 is 2.14 bits per heavy atom. The standard InChI is InChI=1S/C24H37N3O2/c1-16(6-5-13-26-27-25)21-10-11-22-18(7-4-12-24(21,22)3)8-9-19-14-20(28)15-23(29)17(19)2/h8-9,16,20-23,28-29H,2,4-7,10-15H2,1,3H3/b18-8+,19-9-/t16-,20-,21-,22+,23+,24-/m1/s1. The number of hydrogen-bond acceptors (Lipinski definition) is 3. The molecule has 2 N–H and O–H groups in total. The van der Waals surface area contributed by atoms with Crippen LogP contribution in [0.3, 0.4) is 0 Å². The molecule has 3 rings (SSSR count). The van der Waals surface area contributed by atoms with Crippen molar-refractivity contribution >= 4 is 0 Å². The molecule has 3 aliphatic rings. The normalized spacial score (nSPS) is 38.7. The first kappa shape index (κ1) is 22.1. The SMILES string of the molecule is C=C1/C(=C\C=C2/CCC[C@]3(C)[C@@H]([C@H](C)CCCN=[N+]=[N-])CC[C@@H]23)C[C@@H](O)C[C@@H]1O. The molecule has 0 aromatic rings. The second-order valence-electron chi connectivity index (χ2n) is 9.74. The fraction of sp³-hybridized carbons (Fsp3) is 0.750. The van der Waals surface area contributed by atoms with E-state index in [0.29, 0.717) is 36.6 Å². The highest BCUT2D eigenvalue weighted by Gasteiger charge is 2.50. The third kappa shape index (κ3) is 4.79. The van der Waals surface area contributed by atoms with Crippen molar-refractivity contribution in [1.82, 2.24) is 0 Å². The van der Waals surface area contributed by atoms with Gasteiger partial charge in [-0.25, -0.2) is 0 Å². The molecule has 0 spiro atoms. The van der Waals surface area contributed by atoms with E-state index in [1.54, 1.807) is 0 Å². The topological polar surface area (TPSA) is 89.2 Å². The third-order valence-electron chi connectivity index (χ3n) is 7.97. The lowest BCUT2D eigenvalue weighted by molar-refractivity contribution is 0.0861. The van der Waals surface area contributed by atoms with Gasteiger partial charge in [0.15, 0.2) is 0 Å². The van der Waals surface area contributed by atoms with Gasteiger partial charge in [-0.1, -0.05) is 49.7 Å². The molecule has 0 heterocycles. The molecule has 3 aliphatic carbocycles. The minimum absolute atomic E-state index is 0.350. The molecule has 0 aliphatic heterocycles. The summed E-state index contributed by atoms with van der Waals surface area (Å²) < 4.78 is 0. The summed E-state index contributed by atoms with van der Waals surface area (Å²) in [7, 11) is 0. The molecule has 6 atom stereocenters. The largest absolute Gasteiger partial charge is 0.393 e. The van der Waals surface area contributed by atoms with Crippen LogP contribution in [0.5, 0.6) is 0 Å². The predicted octanol–water partition coefficient (Wildman–Crippen LogP) is 5.85. The molecule has 5 heteroatoms. The minimum atomic E-state index is -0.623. The Hall–Kier alpha value is -1.55. The number of aliphatic hydroxyl groups excluding tert-OH is 2. The second kappa shape index (κ2) is 9.51. The van der Waals surface area contributed by atoms with Gasteiger partial charge >= 0.3 is 0 Å². The average Bonchev–Trinajstić information content (AvgIpc) is 3.04. The van der Waals surface area contributed by atoms with Gasteiger partial charge in [0.05, 0.1) is 12.2 Å². The molecule has 3 fully saturated rings. The Balaban J connectivity index is 1.72. The maximum atomic E-state index is 10.1. The van der Waals surface area contributed by atoms with E-state index in [0.717, 1.165) is 36.3 Å². The van der Waals surface area contributed by atoms with Crippen molar-refractivity contribution in [2.24, 2.45) is 28.3 Å². The van der Waals surface area contributed by atoms with E-state index < -0.39 is 12.2 Å². The maximum Gasteiger partial charge on any atom is 0.0811 e. The lowest BCUT2D eigenvalue weighted by Gasteiger charge is -2.44. The van der Waals surface area contributed by atoms with E-state index in [1.165, 1.54) is 31.3 Å². The van der Waals surface area contributed by atoms with Crippen molar-refractivity contribution < 1.29 is 10.2 Å². The van der Waals surface area contributed by atoms with E-state index in [1.807, 2.05) is 0 Å². The van der Waals surface area contributed by atoms with Gasteiger partial charge in [0.2, 0.25) is 0 Å². The molecule has 0 aromatic carbocycles. The molecule has 0 amide bonds. The fourth-order valence-corrected chi connectivity index (χ4v) is 6.41. The third-order valence-corrected chi connectivity index (χ3v) is 7.97. The molecular weight excluding hydrogens is 362 g/mol. The first-order valence-corrected chi connectivity index (χ1v) is 11.3. The number of rotatable bonds is 6. The number of allylic oxidation sites excluding steroid dienone is 3. The van der Waals surface area contributed by atoms with Gasteiger partial charge in [-0.15, -0.1) is 0 Å². The van der Waals surface area contributed by atoms with Crippen LogP contribution in [-0.4, -0.2) is 29.0 Å². The number of nitrogens with zero attached hydrogens (tertiary/aromatic N) is 3. The van der Waals surface area contributed by atoms with Crippen LogP contribution in [0.1, 0.15) is 71.6 Å². The lowest BCUT2D eigenvalue weighted by Crippen LogP contribution is -2.36. The molecule has 0 radical (unpaired) electrons. The number of fused-ring (bicyclic) bond motifs is 1. The summed E-state index contributed by atoms with van der Waals surface area (Å²) in [5.74, 6) is 2.01. The zero-order valence-electron chi connectivity index (χ0n) is 18.1. The van der Waals surface area contributed by atoms with E-state index in [4.69, 9.17) is 5.53 Å². The molecule has 5 nitrogen and oxygen atoms in total. The monoisotopic (exact) mass is 399 g/mol. The highest BCUT2D eigenvalue weighted by Crippen LogP contribution is 2.59. The van der Waals surface area contributed by atoms with Crippen molar-refractivity contribution in [2.75, 3.05) is 6.54 Å². The maximum absolute atomic E-state index is 10.1. The fourth-order valence-electron chi connectivity index (χ4n) is 6.41. The van der Waals surface area contributed by atoms with Gasteiger partial charge in [0, 0.05) is 17.9 Å². The Kier molecular flexibility index (Phi) is 7.26. The zero-order valence-corrected chi connectivity index (χ0v) is 18.1. The average molecular weight is 400 g/mol. The molecule has 0 bridgehead atoms. The Morgan fingerprint density at radius 1 is 1.34 bits per heavy atom. The summed E-state index contributed by atoms with van der Waals surface area (Å²) in [5, 5.41) is 23.8. The van der Waals surface area contributed by atoms with Crippen LogP contribution in [0.2, 0.25) is 0 Å². The van der Waals surface area contributed by atoms with Gasteiger partial charge in [0.1, 0.15) is 0 Å². The minimum Gasteiger partial charge on any atom is -0.393 e. The molecule has 0 aromatic heterocycles. The van der Waals surface area contributed by atoms with Crippen LogP contribution in [-0.2, 0) is 0 Å². The van der Waals surface area contributed by atoms with Gasteiger partial charge in [-0.05, 0) is 84.8 Å². The summed E-state index contributed by atoms with van der Waals surface area (Å²) >= 11 is 0. The summed E-state index contributed by atoms with van der Waals surface area (Å²) in [6.45, 7) is 9.52. The molecule has 160 valence electrons. The quantitative estimate of drug-likeness (QED) is 0.254. The first-order chi connectivity index (χ1) is 13.9. The van der Waals surface area contributed by atoms with Gasteiger partial charge in [0.25, 0.3) is 0 Å². The van der Waals surface area contributed by atoms with Gasteiger partial charge in [-0.2, -0.15) is 0 Å². The van der Waals surface area contributed by atoms with Crippen molar-refractivity contribution in [3.8, 4) is 0 Å². The van der Waals surface area contributed by atoms with Gasteiger partial charge < -0.3 is 10.2 Å². The highest BCUT2D eigenvalue weighted by molar-refractivity contribution is 5.38. The summed E-state index contributed by atoms with van der Waals surface area (Å²) in [4.78, 5) is 2.87. The smallest absolute Gasteiger partial charge is 0.0811 e. The van der Waals surface area contributed by atoms with Crippen molar-refractivity contribution in [1.29, 1.82) is 0 Å². The van der Waals surface area contributed by atoms with E-state index in [2.05, 4.69) is 42.6 Å². The second-order valence-corrected chi connectivity index (χ2v) is 9.74. The van der Waals surface area contributed by atoms with Crippen LogP contribution >= 0.6 is 0 Å².